The lowest BCUT2D eigenvalue weighted by atomic mass is 9.49. The van der Waals surface area contributed by atoms with Gasteiger partial charge in [0.15, 0.2) is 5.78 Å². The summed E-state index contributed by atoms with van der Waals surface area (Å²) in [6.45, 7) is 11.5. The summed E-state index contributed by atoms with van der Waals surface area (Å²) in [4.78, 5) is 36.3. The van der Waals surface area contributed by atoms with Crippen LogP contribution in [0.15, 0.2) is 12.1 Å². The Balaban J connectivity index is 2.13. The van der Waals surface area contributed by atoms with Crippen LogP contribution in [0.3, 0.4) is 0 Å². The van der Waals surface area contributed by atoms with Gasteiger partial charge in [-0.25, -0.2) is 0 Å². The van der Waals surface area contributed by atoms with Gasteiger partial charge in [-0.2, -0.15) is 0 Å². The molecule has 0 heterocycles. The number of carbonyl (C=O) groups is 3. The highest BCUT2D eigenvalue weighted by molar-refractivity contribution is 6.00. The number of hydrogen-bond acceptors (Lipinski definition) is 5. The van der Waals surface area contributed by atoms with Gasteiger partial charge < -0.3 is 9.47 Å². The second-order valence-corrected chi connectivity index (χ2v) is 9.57. The van der Waals surface area contributed by atoms with Gasteiger partial charge in [0.25, 0.3) is 0 Å². The number of rotatable bonds is 4. The molecule has 0 saturated heterocycles. The maximum Gasteiger partial charge on any atom is 0.308 e. The Hall–Kier alpha value is -2.17. The van der Waals surface area contributed by atoms with E-state index >= 15 is 0 Å². The Morgan fingerprint density at radius 2 is 1.83 bits per heavy atom. The van der Waals surface area contributed by atoms with Crippen LogP contribution < -0.4 is 4.74 Å². The van der Waals surface area contributed by atoms with Crippen LogP contribution in [0, 0.1) is 11.3 Å². The van der Waals surface area contributed by atoms with Gasteiger partial charge in [0.2, 0.25) is 0 Å². The number of benzene rings is 1. The monoisotopic (exact) mass is 400 g/mol. The van der Waals surface area contributed by atoms with Gasteiger partial charge in [-0.1, -0.05) is 34.1 Å². The second-order valence-electron chi connectivity index (χ2n) is 9.57. The van der Waals surface area contributed by atoms with E-state index in [1.807, 2.05) is 26.0 Å². The van der Waals surface area contributed by atoms with E-state index in [-0.39, 0.29) is 40.4 Å². The molecule has 5 nitrogen and oxygen atoms in total. The van der Waals surface area contributed by atoms with Gasteiger partial charge in [-0.15, -0.1) is 0 Å². The van der Waals surface area contributed by atoms with Crippen LogP contribution in [-0.2, 0) is 19.7 Å². The van der Waals surface area contributed by atoms with Gasteiger partial charge in [0.05, 0.1) is 6.61 Å². The third-order valence-electron chi connectivity index (χ3n) is 6.99. The van der Waals surface area contributed by atoms with E-state index in [2.05, 4.69) is 13.8 Å². The topological polar surface area (TPSA) is 69.7 Å². The minimum atomic E-state index is -0.362. The lowest BCUT2D eigenvalue weighted by molar-refractivity contribution is -0.148. The molecule has 5 heteroatoms. The van der Waals surface area contributed by atoms with Crippen molar-refractivity contribution in [1.82, 2.24) is 0 Å². The van der Waals surface area contributed by atoms with E-state index in [1.165, 1.54) is 13.8 Å². The van der Waals surface area contributed by atoms with Crippen molar-refractivity contribution in [2.75, 3.05) is 6.61 Å². The van der Waals surface area contributed by atoms with Crippen LogP contribution in [-0.4, -0.2) is 24.3 Å². The third kappa shape index (κ3) is 3.84. The third-order valence-corrected chi connectivity index (χ3v) is 6.99. The van der Waals surface area contributed by atoms with E-state index in [0.29, 0.717) is 18.8 Å². The zero-order valence-electron chi connectivity index (χ0n) is 18.4. The number of hydrogen-bond donors (Lipinski definition) is 0. The highest BCUT2D eigenvalue weighted by atomic mass is 16.5. The van der Waals surface area contributed by atoms with Crippen molar-refractivity contribution in [1.29, 1.82) is 0 Å². The van der Waals surface area contributed by atoms with Crippen LogP contribution >= 0.6 is 0 Å². The fourth-order valence-electron chi connectivity index (χ4n) is 5.50. The minimum absolute atomic E-state index is 0.0678. The van der Waals surface area contributed by atoms with Gasteiger partial charge in [0.1, 0.15) is 5.75 Å². The largest absolute Gasteiger partial charge is 0.465 e. The number of ketones is 1. The number of esters is 2. The van der Waals surface area contributed by atoms with Crippen molar-refractivity contribution in [3.8, 4) is 5.75 Å². The van der Waals surface area contributed by atoms with Gasteiger partial charge >= 0.3 is 11.9 Å². The van der Waals surface area contributed by atoms with Crippen molar-refractivity contribution < 1.29 is 23.9 Å². The molecule has 2 aliphatic carbocycles. The predicted octanol–water partition coefficient (Wildman–Crippen LogP) is 4.95. The SMILES string of the molecule is CC(=O)OC[C@]1(C)CCC[C@]2(C)c3cc(OC(C)=O)c(C(C)C)cc3C(=O)C[C@@H]12. The first kappa shape index (κ1) is 21.5. The van der Waals surface area contributed by atoms with Crippen LogP contribution in [0.2, 0.25) is 0 Å². The second kappa shape index (κ2) is 7.58. The molecule has 0 spiro atoms. The molecule has 0 bridgehead atoms. The standard InChI is InChI=1S/C24H32O5/c1-14(2)17-10-18-19(11-21(17)29-16(4)26)24(6)9-7-8-23(5,13-28-15(3)25)22(24)12-20(18)27/h10-11,14,22H,7-9,12-13H2,1-6H3/t22-,23-,24+/m0/s1. The molecule has 158 valence electrons. The van der Waals surface area contributed by atoms with E-state index in [1.54, 1.807) is 0 Å². The quantitative estimate of drug-likeness (QED) is 0.528. The Morgan fingerprint density at radius 3 is 2.41 bits per heavy atom. The van der Waals surface area contributed by atoms with Crippen LogP contribution in [0.25, 0.3) is 0 Å². The smallest absolute Gasteiger partial charge is 0.308 e. The van der Waals surface area contributed by atoms with Gasteiger partial charge in [-0.3, -0.25) is 14.4 Å². The van der Waals surface area contributed by atoms with E-state index in [4.69, 9.17) is 9.47 Å². The Bertz CT molecular complexity index is 855. The molecular formula is C24H32O5. The summed E-state index contributed by atoms with van der Waals surface area (Å²) in [5, 5.41) is 0. The molecule has 1 saturated carbocycles. The van der Waals surface area contributed by atoms with Crippen LogP contribution in [0.4, 0.5) is 0 Å². The Kier molecular flexibility index (Phi) is 5.63. The molecule has 0 N–H and O–H groups in total. The highest BCUT2D eigenvalue weighted by Gasteiger charge is 2.54. The molecule has 1 fully saturated rings. The minimum Gasteiger partial charge on any atom is -0.465 e. The highest BCUT2D eigenvalue weighted by Crippen LogP contribution is 2.58. The van der Waals surface area contributed by atoms with Crippen molar-refractivity contribution in [2.45, 2.75) is 78.6 Å². The Morgan fingerprint density at radius 1 is 1.14 bits per heavy atom. The molecule has 0 aliphatic heterocycles. The molecular weight excluding hydrogens is 368 g/mol. The van der Waals surface area contributed by atoms with Crippen molar-refractivity contribution >= 4 is 17.7 Å². The first-order valence-corrected chi connectivity index (χ1v) is 10.5. The zero-order valence-corrected chi connectivity index (χ0v) is 18.4. The summed E-state index contributed by atoms with van der Waals surface area (Å²) < 4.78 is 11.0. The van der Waals surface area contributed by atoms with Crippen LogP contribution in [0.1, 0.15) is 94.6 Å². The van der Waals surface area contributed by atoms with E-state index < -0.39 is 0 Å². The maximum absolute atomic E-state index is 13.2. The lowest BCUT2D eigenvalue weighted by Crippen LogP contribution is -2.52. The van der Waals surface area contributed by atoms with E-state index in [0.717, 1.165) is 36.0 Å². The molecule has 29 heavy (non-hydrogen) atoms. The van der Waals surface area contributed by atoms with E-state index in [9.17, 15) is 14.4 Å². The summed E-state index contributed by atoms with van der Waals surface area (Å²) in [6, 6.07) is 3.85. The van der Waals surface area contributed by atoms with Crippen molar-refractivity contribution in [3.05, 3.63) is 28.8 Å². The lowest BCUT2D eigenvalue weighted by Gasteiger charge is -2.54. The van der Waals surface area contributed by atoms with Crippen LogP contribution in [0.5, 0.6) is 5.75 Å². The average molecular weight is 401 g/mol. The number of ether oxygens (including phenoxy) is 2. The predicted molar refractivity (Wildman–Crippen MR) is 110 cm³/mol. The molecule has 0 amide bonds. The summed E-state index contributed by atoms with van der Waals surface area (Å²) in [5.74, 6) is 0.216. The molecule has 2 aliphatic rings. The first-order valence-electron chi connectivity index (χ1n) is 10.5. The molecule has 0 unspecified atom stereocenters. The normalized spacial score (nSPS) is 28.5. The first-order chi connectivity index (χ1) is 13.5. The summed E-state index contributed by atoms with van der Waals surface area (Å²) in [7, 11) is 0. The number of Topliss-reactive ketones (excluding diaryl/α,β-unsaturated/α-hetero) is 1. The average Bonchev–Trinajstić information content (AvgIpc) is 2.61. The molecule has 1 aromatic rings. The molecule has 3 rings (SSSR count). The molecule has 1 aromatic carbocycles. The van der Waals surface area contributed by atoms with Crippen molar-refractivity contribution in [2.24, 2.45) is 11.3 Å². The number of fused-ring (bicyclic) bond motifs is 3. The molecule has 0 radical (unpaired) electrons. The molecule has 0 aromatic heterocycles. The fraction of sp³-hybridized carbons (Fsp3) is 0.625. The Labute approximate surface area is 173 Å². The molecule has 3 atom stereocenters. The zero-order chi connectivity index (χ0) is 21.6. The fourth-order valence-corrected chi connectivity index (χ4v) is 5.50. The van der Waals surface area contributed by atoms with Gasteiger partial charge in [-0.05, 0) is 53.4 Å². The van der Waals surface area contributed by atoms with Crippen molar-refractivity contribution in [3.63, 3.8) is 0 Å². The maximum atomic E-state index is 13.2. The summed E-state index contributed by atoms with van der Waals surface area (Å²) in [5.41, 5.74) is 2.10. The summed E-state index contributed by atoms with van der Waals surface area (Å²) >= 11 is 0. The number of carbonyl (C=O) groups excluding carboxylic acids is 3. The summed E-state index contributed by atoms with van der Waals surface area (Å²) in [6.07, 6.45) is 3.32. The van der Waals surface area contributed by atoms with Gasteiger partial charge in [0, 0.05) is 31.2 Å².